The summed E-state index contributed by atoms with van der Waals surface area (Å²) >= 11 is 0. The normalized spacial score (nSPS) is 26.6. The molecule has 1 N–H and O–H groups in total. The van der Waals surface area contributed by atoms with Gasteiger partial charge in [0, 0.05) is 6.42 Å². The summed E-state index contributed by atoms with van der Waals surface area (Å²) < 4.78 is 0. The first-order valence-corrected chi connectivity index (χ1v) is 2.47. The van der Waals surface area contributed by atoms with Gasteiger partial charge in [-0.2, -0.15) is 0 Å². The third-order valence-electron chi connectivity index (χ3n) is 1.15. The van der Waals surface area contributed by atoms with Gasteiger partial charge in [0.2, 0.25) is 0 Å². The average Bonchev–Trinajstić information content (AvgIpc) is 2.14. The fraction of sp³-hybridized carbons (Fsp3) is 0.600. The molecule has 1 saturated carbocycles. The molecule has 0 bridgehead atoms. The summed E-state index contributed by atoms with van der Waals surface area (Å²) in [6, 6.07) is 0. The summed E-state index contributed by atoms with van der Waals surface area (Å²) in [5.74, 6) is 0. The molecule has 0 unspecified atom stereocenters. The van der Waals surface area contributed by atoms with Crippen LogP contribution in [0, 0.1) is 6.42 Å². The molecule has 2 nitrogen and oxygen atoms in total. The lowest BCUT2D eigenvalue weighted by Crippen LogP contribution is -1.86. The Labute approximate surface area is 42.8 Å². The van der Waals surface area contributed by atoms with E-state index in [2.05, 4.69) is 5.16 Å². The predicted octanol–water partition coefficient (Wildman–Crippen LogP) is 1.20. The van der Waals surface area contributed by atoms with E-state index in [-0.39, 0.29) is 0 Å². The zero-order valence-electron chi connectivity index (χ0n) is 4.09. The van der Waals surface area contributed by atoms with Gasteiger partial charge in [0.1, 0.15) is 0 Å². The van der Waals surface area contributed by atoms with E-state index >= 15 is 0 Å². The van der Waals surface area contributed by atoms with Crippen molar-refractivity contribution in [1.29, 1.82) is 0 Å². The van der Waals surface area contributed by atoms with Crippen LogP contribution in [0.3, 0.4) is 0 Å². The number of oxime groups is 1. The van der Waals surface area contributed by atoms with Gasteiger partial charge < -0.3 is 5.21 Å². The average molecular weight is 98.1 g/mol. The molecule has 0 aromatic heterocycles. The molecule has 7 heavy (non-hydrogen) atoms. The van der Waals surface area contributed by atoms with E-state index < -0.39 is 0 Å². The minimum absolute atomic E-state index is 0.847. The molecule has 1 rings (SSSR count). The molecule has 0 aliphatic heterocycles. The monoisotopic (exact) mass is 98.1 g/mol. The van der Waals surface area contributed by atoms with Crippen molar-refractivity contribution in [2.45, 2.75) is 19.3 Å². The van der Waals surface area contributed by atoms with E-state index in [0.29, 0.717) is 0 Å². The molecule has 1 aliphatic carbocycles. The maximum Gasteiger partial charge on any atom is 0.0608 e. The van der Waals surface area contributed by atoms with Crippen LogP contribution in [0.2, 0.25) is 0 Å². The van der Waals surface area contributed by atoms with Gasteiger partial charge in [-0.15, -0.1) is 0 Å². The van der Waals surface area contributed by atoms with Gasteiger partial charge >= 0.3 is 0 Å². The van der Waals surface area contributed by atoms with Crippen molar-refractivity contribution in [3.63, 3.8) is 0 Å². The molecule has 1 aliphatic rings. The number of hydrogen-bond acceptors (Lipinski definition) is 2. The summed E-state index contributed by atoms with van der Waals surface area (Å²) in [6.07, 6.45) is 5.15. The Bertz CT molecular complexity index is 80.1. The van der Waals surface area contributed by atoms with Crippen LogP contribution >= 0.6 is 0 Å². The van der Waals surface area contributed by atoms with Gasteiger partial charge in [0.15, 0.2) is 0 Å². The van der Waals surface area contributed by atoms with E-state index in [9.17, 15) is 0 Å². The predicted molar refractivity (Wildman–Crippen MR) is 27.4 cm³/mol. The number of rotatable bonds is 0. The standard InChI is InChI=1S/C5H8NO/c7-6-5-3-1-2-4-5/h3,7H,1-2,4H2/b6-5+. The number of nitrogens with zero attached hydrogens (tertiary/aromatic N) is 1. The largest absolute Gasteiger partial charge is 0.411 e. The van der Waals surface area contributed by atoms with Crippen LogP contribution in [0.25, 0.3) is 0 Å². The molecular formula is C5H8NO. The molecule has 0 atom stereocenters. The molecule has 0 amide bonds. The van der Waals surface area contributed by atoms with Gasteiger partial charge in [0.05, 0.1) is 5.71 Å². The third kappa shape index (κ3) is 0.918. The second-order valence-electron chi connectivity index (χ2n) is 1.69. The molecule has 0 spiro atoms. The molecule has 1 fully saturated rings. The highest BCUT2D eigenvalue weighted by Gasteiger charge is 2.07. The zero-order chi connectivity index (χ0) is 5.11. The van der Waals surface area contributed by atoms with E-state index in [1.165, 1.54) is 0 Å². The maximum atomic E-state index is 8.12. The van der Waals surface area contributed by atoms with Gasteiger partial charge in [-0.05, 0) is 19.3 Å². The van der Waals surface area contributed by atoms with Crippen molar-refractivity contribution in [3.8, 4) is 0 Å². The molecule has 0 saturated heterocycles. The molecule has 1 radical (unpaired) electrons. The second kappa shape index (κ2) is 1.96. The summed E-state index contributed by atoms with van der Waals surface area (Å²) in [6.45, 7) is 0. The first kappa shape index (κ1) is 4.62. The molecule has 0 aromatic carbocycles. The van der Waals surface area contributed by atoms with Gasteiger partial charge in [-0.1, -0.05) is 5.16 Å². The fourth-order valence-electron chi connectivity index (χ4n) is 0.745. The molecule has 0 aromatic rings. The van der Waals surface area contributed by atoms with E-state index in [4.69, 9.17) is 5.21 Å². The highest BCUT2D eigenvalue weighted by Crippen LogP contribution is 2.12. The summed E-state index contributed by atoms with van der Waals surface area (Å²) in [5.41, 5.74) is 0.847. The minimum Gasteiger partial charge on any atom is -0.411 e. The Kier molecular flexibility index (Phi) is 1.29. The van der Waals surface area contributed by atoms with E-state index in [1.807, 2.05) is 6.42 Å². The fourth-order valence-corrected chi connectivity index (χ4v) is 0.745. The van der Waals surface area contributed by atoms with Gasteiger partial charge in [-0.25, -0.2) is 0 Å². The van der Waals surface area contributed by atoms with E-state index in [1.54, 1.807) is 0 Å². The topological polar surface area (TPSA) is 32.6 Å². The van der Waals surface area contributed by atoms with Crippen LogP contribution < -0.4 is 0 Å². The first-order valence-electron chi connectivity index (χ1n) is 2.47. The van der Waals surface area contributed by atoms with Crippen LogP contribution in [-0.2, 0) is 0 Å². The van der Waals surface area contributed by atoms with Gasteiger partial charge in [0.25, 0.3) is 0 Å². The summed E-state index contributed by atoms with van der Waals surface area (Å²) in [5, 5.41) is 11.2. The van der Waals surface area contributed by atoms with Crippen molar-refractivity contribution in [2.75, 3.05) is 0 Å². The molecule has 0 heterocycles. The SMILES string of the molecule is O/N=C1\[CH]CCC1. The first-order chi connectivity index (χ1) is 3.43. The van der Waals surface area contributed by atoms with Crippen molar-refractivity contribution >= 4 is 5.71 Å². The second-order valence-corrected chi connectivity index (χ2v) is 1.69. The van der Waals surface area contributed by atoms with Crippen molar-refractivity contribution in [3.05, 3.63) is 6.42 Å². The molecule has 2 heteroatoms. The Hall–Kier alpha value is -0.530. The smallest absolute Gasteiger partial charge is 0.0608 e. The lowest BCUT2D eigenvalue weighted by molar-refractivity contribution is 0.318. The third-order valence-corrected chi connectivity index (χ3v) is 1.15. The molecular weight excluding hydrogens is 90.1 g/mol. The van der Waals surface area contributed by atoms with Crippen LogP contribution in [0.1, 0.15) is 19.3 Å². The molecule has 39 valence electrons. The van der Waals surface area contributed by atoms with Gasteiger partial charge in [-0.3, -0.25) is 0 Å². The minimum atomic E-state index is 0.847. The Balaban J connectivity index is 2.41. The Morgan fingerprint density at radius 1 is 1.71 bits per heavy atom. The van der Waals surface area contributed by atoms with Crippen molar-refractivity contribution < 1.29 is 5.21 Å². The number of hydrogen-bond donors (Lipinski definition) is 1. The van der Waals surface area contributed by atoms with Crippen LogP contribution in [-0.4, -0.2) is 10.9 Å². The Morgan fingerprint density at radius 3 is 2.86 bits per heavy atom. The quantitative estimate of drug-likeness (QED) is 0.358. The van der Waals surface area contributed by atoms with Crippen molar-refractivity contribution in [1.82, 2.24) is 0 Å². The summed E-state index contributed by atoms with van der Waals surface area (Å²) in [7, 11) is 0. The van der Waals surface area contributed by atoms with Crippen LogP contribution in [0.5, 0.6) is 0 Å². The zero-order valence-corrected chi connectivity index (χ0v) is 4.09. The van der Waals surface area contributed by atoms with Crippen LogP contribution in [0.15, 0.2) is 5.16 Å². The van der Waals surface area contributed by atoms with Crippen molar-refractivity contribution in [2.24, 2.45) is 5.16 Å². The lowest BCUT2D eigenvalue weighted by atomic mass is 10.3. The Morgan fingerprint density at radius 2 is 2.57 bits per heavy atom. The lowest BCUT2D eigenvalue weighted by Gasteiger charge is -1.81. The maximum absolute atomic E-state index is 8.12. The summed E-state index contributed by atoms with van der Waals surface area (Å²) in [4.78, 5) is 0. The van der Waals surface area contributed by atoms with Crippen LogP contribution in [0.4, 0.5) is 0 Å². The highest BCUT2D eigenvalue weighted by atomic mass is 16.4. The highest BCUT2D eigenvalue weighted by molar-refractivity contribution is 5.93. The van der Waals surface area contributed by atoms with E-state index in [0.717, 1.165) is 25.0 Å².